The largest absolute Gasteiger partial charge is 0.480 e. The van der Waals surface area contributed by atoms with Gasteiger partial charge in [0.25, 0.3) is 5.56 Å². The Morgan fingerprint density at radius 1 is 0.893 bits per heavy atom. The van der Waals surface area contributed by atoms with Crippen molar-refractivity contribution in [2.24, 2.45) is 0 Å². The van der Waals surface area contributed by atoms with Crippen molar-refractivity contribution >= 4 is 26.8 Å². The predicted octanol–water partition coefficient (Wildman–Crippen LogP) is 4.23. The average molecular weight is 438 g/mol. The Balaban J connectivity index is 2.23. The predicted molar refractivity (Wildman–Crippen MR) is 111 cm³/mol. The van der Waals surface area contributed by atoms with Crippen LogP contribution in [0.15, 0.2) is 69.9 Å². The number of para-hydroxylation sites is 1. The van der Waals surface area contributed by atoms with Gasteiger partial charge < -0.3 is 9.47 Å². The van der Waals surface area contributed by atoms with E-state index >= 15 is 0 Å². The second-order valence-electron chi connectivity index (χ2n) is 5.95. The smallest absolute Gasteiger partial charge is 0.320 e. The Labute approximate surface area is 169 Å². The van der Waals surface area contributed by atoms with Crippen molar-refractivity contribution in [3.05, 3.63) is 75.5 Å². The van der Waals surface area contributed by atoms with E-state index in [4.69, 9.17) is 9.47 Å². The standard InChI is InChI=1S/C21H16BrN3O3/c1-27-19-15-17(23-21(24-19)28-2)16(22)18(13-9-5-3-6-10-13)25(20(15)26)14-11-7-4-8-12-14/h3-12H,1-2H3. The van der Waals surface area contributed by atoms with E-state index in [1.165, 1.54) is 14.2 Å². The van der Waals surface area contributed by atoms with Crippen molar-refractivity contribution < 1.29 is 9.47 Å². The fraction of sp³-hybridized carbons (Fsp3) is 0.0952. The molecule has 2 aromatic carbocycles. The first-order chi connectivity index (χ1) is 13.7. The highest BCUT2D eigenvalue weighted by Crippen LogP contribution is 2.36. The summed E-state index contributed by atoms with van der Waals surface area (Å²) in [6.07, 6.45) is 0. The zero-order valence-corrected chi connectivity index (χ0v) is 16.8. The lowest BCUT2D eigenvalue weighted by Gasteiger charge is -2.18. The number of nitrogens with zero attached hydrogens (tertiary/aromatic N) is 3. The zero-order chi connectivity index (χ0) is 19.7. The molecule has 2 aromatic heterocycles. The molecular weight excluding hydrogens is 422 g/mol. The lowest BCUT2D eigenvalue weighted by atomic mass is 10.1. The molecule has 0 aliphatic rings. The summed E-state index contributed by atoms with van der Waals surface area (Å²) in [4.78, 5) is 22.2. The number of hydrogen-bond donors (Lipinski definition) is 0. The van der Waals surface area contributed by atoms with Crippen LogP contribution in [-0.4, -0.2) is 28.8 Å². The average Bonchev–Trinajstić information content (AvgIpc) is 2.76. The Kier molecular flexibility index (Phi) is 4.83. The minimum absolute atomic E-state index is 0.126. The van der Waals surface area contributed by atoms with Crippen LogP contribution in [0.4, 0.5) is 0 Å². The Bertz CT molecular complexity index is 1210. The molecule has 28 heavy (non-hydrogen) atoms. The van der Waals surface area contributed by atoms with Gasteiger partial charge in [-0.3, -0.25) is 9.36 Å². The molecule has 0 atom stereocenters. The van der Waals surface area contributed by atoms with Gasteiger partial charge in [0, 0.05) is 5.69 Å². The third-order valence-corrected chi connectivity index (χ3v) is 5.10. The molecule has 140 valence electrons. The first-order valence-electron chi connectivity index (χ1n) is 8.50. The van der Waals surface area contributed by atoms with Gasteiger partial charge in [-0.05, 0) is 33.6 Å². The molecule has 4 rings (SSSR count). The first kappa shape index (κ1) is 18.2. The van der Waals surface area contributed by atoms with E-state index in [9.17, 15) is 4.79 Å². The second-order valence-corrected chi connectivity index (χ2v) is 6.74. The molecule has 0 N–H and O–H groups in total. The molecule has 0 saturated carbocycles. The molecule has 0 saturated heterocycles. The van der Waals surface area contributed by atoms with Gasteiger partial charge >= 0.3 is 6.01 Å². The van der Waals surface area contributed by atoms with Gasteiger partial charge in [0.1, 0.15) is 10.9 Å². The maximum absolute atomic E-state index is 13.6. The summed E-state index contributed by atoms with van der Waals surface area (Å²) >= 11 is 3.67. The number of fused-ring (bicyclic) bond motifs is 1. The third-order valence-electron chi connectivity index (χ3n) is 4.35. The second kappa shape index (κ2) is 7.44. The van der Waals surface area contributed by atoms with Crippen molar-refractivity contribution in [3.63, 3.8) is 0 Å². The van der Waals surface area contributed by atoms with Gasteiger partial charge in [-0.1, -0.05) is 48.5 Å². The summed E-state index contributed by atoms with van der Waals surface area (Å²) in [7, 11) is 2.93. The highest BCUT2D eigenvalue weighted by atomic mass is 79.9. The van der Waals surface area contributed by atoms with E-state index < -0.39 is 0 Å². The van der Waals surface area contributed by atoms with Crippen LogP contribution in [0, 0.1) is 0 Å². The fourth-order valence-corrected chi connectivity index (χ4v) is 3.80. The van der Waals surface area contributed by atoms with E-state index in [2.05, 4.69) is 25.9 Å². The van der Waals surface area contributed by atoms with E-state index in [0.717, 1.165) is 11.3 Å². The molecule has 4 aromatic rings. The zero-order valence-electron chi connectivity index (χ0n) is 15.2. The summed E-state index contributed by atoms with van der Waals surface area (Å²) in [5, 5.41) is 0.277. The lowest BCUT2D eigenvalue weighted by molar-refractivity contribution is 0.356. The fourth-order valence-electron chi connectivity index (χ4n) is 3.11. The highest BCUT2D eigenvalue weighted by Gasteiger charge is 2.23. The van der Waals surface area contributed by atoms with Crippen LogP contribution in [0.25, 0.3) is 27.8 Å². The number of halogens is 1. The van der Waals surface area contributed by atoms with Crippen molar-refractivity contribution in [1.82, 2.24) is 14.5 Å². The van der Waals surface area contributed by atoms with E-state index in [1.54, 1.807) is 4.57 Å². The molecule has 0 spiro atoms. The molecule has 6 nitrogen and oxygen atoms in total. The Morgan fingerprint density at radius 3 is 2.14 bits per heavy atom. The molecule has 7 heteroatoms. The van der Waals surface area contributed by atoms with E-state index in [0.29, 0.717) is 15.7 Å². The van der Waals surface area contributed by atoms with Gasteiger partial charge in [-0.2, -0.15) is 9.97 Å². The number of aromatic nitrogens is 3. The van der Waals surface area contributed by atoms with Gasteiger partial charge in [0.05, 0.1) is 24.4 Å². The topological polar surface area (TPSA) is 66.2 Å². The van der Waals surface area contributed by atoms with Crippen LogP contribution in [0.3, 0.4) is 0 Å². The molecular formula is C21H16BrN3O3. The maximum Gasteiger partial charge on any atom is 0.320 e. The van der Waals surface area contributed by atoms with Crippen molar-refractivity contribution in [2.75, 3.05) is 14.2 Å². The number of pyridine rings is 1. The third kappa shape index (κ3) is 2.93. The van der Waals surface area contributed by atoms with E-state index in [-0.39, 0.29) is 22.8 Å². The van der Waals surface area contributed by atoms with Crippen LogP contribution in [0.1, 0.15) is 0 Å². The minimum Gasteiger partial charge on any atom is -0.480 e. The number of rotatable bonds is 4. The van der Waals surface area contributed by atoms with Crippen LogP contribution in [-0.2, 0) is 0 Å². The van der Waals surface area contributed by atoms with Crippen LogP contribution in [0.5, 0.6) is 11.9 Å². The van der Waals surface area contributed by atoms with Crippen molar-refractivity contribution in [3.8, 4) is 28.8 Å². The SMILES string of the molecule is COc1nc(OC)c2c(=O)n(-c3ccccc3)c(-c3ccccc3)c(Br)c2n1. The first-order valence-corrected chi connectivity index (χ1v) is 9.30. The summed E-state index contributed by atoms with van der Waals surface area (Å²) in [6.45, 7) is 0. The normalized spacial score (nSPS) is 10.8. The number of hydrogen-bond acceptors (Lipinski definition) is 5. The molecule has 0 aliphatic carbocycles. The monoisotopic (exact) mass is 437 g/mol. The number of methoxy groups -OCH3 is 2. The molecule has 0 aliphatic heterocycles. The molecule has 0 radical (unpaired) electrons. The number of ether oxygens (including phenoxy) is 2. The Hall–Kier alpha value is -3.19. The van der Waals surface area contributed by atoms with Crippen molar-refractivity contribution in [2.45, 2.75) is 0 Å². The molecule has 2 heterocycles. The maximum atomic E-state index is 13.6. The molecule has 0 bridgehead atoms. The quantitative estimate of drug-likeness (QED) is 0.477. The summed E-state index contributed by atoms with van der Waals surface area (Å²) in [6, 6.07) is 19.2. The van der Waals surface area contributed by atoms with E-state index in [1.807, 2.05) is 60.7 Å². The summed E-state index contributed by atoms with van der Waals surface area (Å²) < 4.78 is 12.9. The summed E-state index contributed by atoms with van der Waals surface area (Å²) in [5.41, 5.74) is 2.44. The summed E-state index contributed by atoms with van der Waals surface area (Å²) in [5.74, 6) is 0.164. The Morgan fingerprint density at radius 2 is 1.54 bits per heavy atom. The van der Waals surface area contributed by atoms with Gasteiger partial charge in [0.15, 0.2) is 0 Å². The van der Waals surface area contributed by atoms with Crippen LogP contribution < -0.4 is 15.0 Å². The van der Waals surface area contributed by atoms with Crippen LogP contribution in [0.2, 0.25) is 0 Å². The number of benzene rings is 2. The highest BCUT2D eigenvalue weighted by molar-refractivity contribution is 9.10. The van der Waals surface area contributed by atoms with Crippen molar-refractivity contribution in [1.29, 1.82) is 0 Å². The molecule has 0 fully saturated rings. The molecule has 0 amide bonds. The van der Waals surface area contributed by atoms with Gasteiger partial charge in [0.2, 0.25) is 5.88 Å². The van der Waals surface area contributed by atoms with Crippen LogP contribution >= 0.6 is 15.9 Å². The van der Waals surface area contributed by atoms with Gasteiger partial charge in [-0.15, -0.1) is 0 Å². The van der Waals surface area contributed by atoms with Gasteiger partial charge in [-0.25, -0.2) is 0 Å². The molecule has 0 unspecified atom stereocenters. The minimum atomic E-state index is -0.275. The lowest BCUT2D eigenvalue weighted by Crippen LogP contribution is -2.22.